The van der Waals surface area contributed by atoms with E-state index >= 15 is 0 Å². The SMILES string of the molecule is CC(O)C(N)C(=O)NC(Cc1ccc(O)cc1)C(=O)NC(Cc1ccccc1)C(=O)NC(CCC(=O)O)C(=O)O. The van der Waals surface area contributed by atoms with E-state index in [0.717, 1.165) is 0 Å². The molecule has 0 heterocycles. The predicted molar refractivity (Wildman–Crippen MR) is 142 cm³/mol. The van der Waals surface area contributed by atoms with Crippen molar-refractivity contribution in [1.29, 1.82) is 0 Å². The second-order valence-electron chi connectivity index (χ2n) is 9.28. The van der Waals surface area contributed by atoms with Crippen LogP contribution in [0.2, 0.25) is 0 Å². The number of nitrogens with one attached hydrogen (secondary N) is 3. The van der Waals surface area contributed by atoms with Crippen molar-refractivity contribution in [3.63, 3.8) is 0 Å². The van der Waals surface area contributed by atoms with Crippen molar-refractivity contribution in [1.82, 2.24) is 16.0 Å². The van der Waals surface area contributed by atoms with Gasteiger partial charge in [0.25, 0.3) is 0 Å². The number of carboxylic acid groups (broad SMARTS) is 2. The van der Waals surface area contributed by atoms with Crippen molar-refractivity contribution in [2.24, 2.45) is 5.73 Å². The summed E-state index contributed by atoms with van der Waals surface area (Å²) in [6.07, 6.45) is -2.21. The number of carbonyl (C=O) groups excluding carboxylic acids is 3. The first-order valence-corrected chi connectivity index (χ1v) is 12.5. The van der Waals surface area contributed by atoms with E-state index < -0.39 is 66.4 Å². The largest absolute Gasteiger partial charge is 0.508 e. The summed E-state index contributed by atoms with van der Waals surface area (Å²) in [6, 6.07) is 8.99. The van der Waals surface area contributed by atoms with Crippen LogP contribution in [-0.4, -0.2) is 80.4 Å². The summed E-state index contributed by atoms with van der Waals surface area (Å²) in [5.41, 5.74) is 6.90. The fourth-order valence-corrected chi connectivity index (χ4v) is 3.69. The summed E-state index contributed by atoms with van der Waals surface area (Å²) < 4.78 is 0. The molecule has 0 radical (unpaired) electrons. The number of amides is 3. The van der Waals surface area contributed by atoms with Gasteiger partial charge in [-0.25, -0.2) is 4.79 Å². The molecule has 0 aliphatic carbocycles. The van der Waals surface area contributed by atoms with E-state index in [4.69, 9.17) is 10.8 Å². The molecule has 0 saturated carbocycles. The molecule has 13 nitrogen and oxygen atoms in total. The Kier molecular flexibility index (Phi) is 12.0. The molecule has 3 amide bonds. The van der Waals surface area contributed by atoms with Gasteiger partial charge in [-0.3, -0.25) is 19.2 Å². The number of aromatic hydroxyl groups is 1. The molecule has 0 fully saturated rings. The maximum atomic E-state index is 13.4. The highest BCUT2D eigenvalue weighted by atomic mass is 16.4. The van der Waals surface area contributed by atoms with Gasteiger partial charge in [-0.2, -0.15) is 0 Å². The van der Waals surface area contributed by atoms with Crippen LogP contribution in [-0.2, 0) is 36.8 Å². The Hall–Kier alpha value is -4.49. The Morgan fingerprint density at radius 1 is 0.750 bits per heavy atom. The second-order valence-corrected chi connectivity index (χ2v) is 9.28. The Bertz CT molecular complexity index is 1170. The first kappa shape index (κ1) is 31.7. The number of phenolic OH excluding ortho intramolecular Hbond substituents is 1. The summed E-state index contributed by atoms with van der Waals surface area (Å²) >= 11 is 0. The van der Waals surface area contributed by atoms with E-state index in [0.29, 0.717) is 11.1 Å². The molecule has 0 saturated heterocycles. The van der Waals surface area contributed by atoms with Gasteiger partial charge in [0.2, 0.25) is 17.7 Å². The zero-order chi connectivity index (χ0) is 29.8. The van der Waals surface area contributed by atoms with E-state index in [2.05, 4.69) is 16.0 Å². The Balaban J connectivity index is 2.32. The van der Waals surface area contributed by atoms with E-state index in [9.17, 15) is 39.3 Å². The molecule has 40 heavy (non-hydrogen) atoms. The minimum atomic E-state index is -1.52. The molecule has 216 valence electrons. The summed E-state index contributed by atoms with van der Waals surface area (Å²) in [6.45, 7) is 1.31. The number of carboxylic acids is 2. The third-order valence-electron chi connectivity index (χ3n) is 6.01. The third kappa shape index (κ3) is 10.3. The van der Waals surface area contributed by atoms with Crippen LogP contribution in [0.3, 0.4) is 0 Å². The lowest BCUT2D eigenvalue weighted by molar-refractivity contribution is -0.143. The number of hydrogen-bond acceptors (Lipinski definition) is 8. The summed E-state index contributed by atoms with van der Waals surface area (Å²) in [7, 11) is 0. The Morgan fingerprint density at radius 2 is 1.23 bits per heavy atom. The van der Waals surface area contributed by atoms with Gasteiger partial charge < -0.3 is 42.1 Å². The topological polar surface area (TPSA) is 228 Å². The number of carbonyl (C=O) groups is 5. The number of nitrogens with two attached hydrogens (primary N) is 1. The number of rotatable bonds is 15. The van der Waals surface area contributed by atoms with Crippen molar-refractivity contribution in [2.45, 2.75) is 62.9 Å². The normalized spacial score (nSPS) is 14.6. The first-order chi connectivity index (χ1) is 18.9. The van der Waals surface area contributed by atoms with E-state index in [-0.39, 0.29) is 25.0 Å². The maximum Gasteiger partial charge on any atom is 0.326 e. The zero-order valence-corrected chi connectivity index (χ0v) is 21.8. The number of phenols is 1. The van der Waals surface area contributed by atoms with Crippen LogP contribution in [0, 0.1) is 0 Å². The van der Waals surface area contributed by atoms with Crippen LogP contribution >= 0.6 is 0 Å². The van der Waals surface area contributed by atoms with Gasteiger partial charge in [0, 0.05) is 19.3 Å². The molecule has 0 aromatic heterocycles. The molecule has 2 aromatic rings. The first-order valence-electron chi connectivity index (χ1n) is 12.5. The van der Waals surface area contributed by atoms with Crippen molar-refractivity contribution in [2.75, 3.05) is 0 Å². The molecule has 13 heteroatoms. The number of aliphatic carboxylic acids is 2. The zero-order valence-electron chi connectivity index (χ0n) is 21.8. The summed E-state index contributed by atoms with van der Waals surface area (Å²) in [4.78, 5) is 61.8. The number of benzene rings is 2. The summed E-state index contributed by atoms with van der Waals surface area (Å²) in [5.74, 6) is -5.18. The monoisotopic (exact) mass is 558 g/mol. The predicted octanol–water partition coefficient (Wildman–Crippen LogP) is -0.711. The number of aliphatic hydroxyl groups excluding tert-OH is 1. The standard InChI is InChI=1S/C27H34N4O9/c1-15(32)23(28)26(38)31-21(14-17-7-9-18(33)10-8-17)25(37)30-20(13-16-5-3-2-4-6-16)24(36)29-19(27(39)40)11-12-22(34)35/h2-10,15,19-21,23,32-33H,11-14,28H2,1H3,(H,29,36)(H,30,37)(H,31,38)(H,34,35)(H,39,40). The maximum absolute atomic E-state index is 13.4. The molecular formula is C27H34N4O9. The summed E-state index contributed by atoms with van der Waals surface area (Å²) in [5, 5.41) is 44.9. The average molecular weight is 559 g/mol. The minimum Gasteiger partial charge on any atom is -0.508 e. The van der Waals surface area contributed by atoms with Crippen LogP contribution in [0.1, 0.15) is 30.9 Å². The molecular weight excluding hydrogens is 524 g/mol. The number of aliphatic hydroxyl groups is 1. The second kappa shape index (κ2) is 15.2. The highest BCUT2D eigenvalue weighted by molar-refractivity contribution is 5.94. The molecule has 2 aromatic carbocycles. The lowest BCUT2D eigenvalue weighted by Crippen LogP contribution is -2.59. The van der Waals surface area contributed by atoms with Crippen LogP contribution in [0.5, 0.6) is 5.75 Å². The number of hydrogen-bond donors (Lipinski definition) is 8. The molecule has 0 spiro atoms. The van der Waals surface area contributed by atoms with Crippen molar-refractivity contribution < 1.29 is 44.4 Å². The minimum absolute atomic E-state index is 0.0135. The van der Waals surface area contributed by atoms with Gasteiger partial charge in [0.15, 0.2) is 0 Å². The van der Waals surface area contributed by atoms with Crippen LogP contribution < -0.4 is 21.7 Å². The third-order valence-corrected chi connectivity index (χ3v) is 6.01. The molecule has 2 rings (SSSR count). The molecule has 0 aliphatic rings. The molecule has 0 aliphatic heterocycles. The Morgan fingerprint density at radius 3 is 1.70 bits per heavy atom. The molecule has 5 unspecified atom stereocenters. The fourth-order valence-electron chi connectivity index (χ4n) is 3.69. The molecule has 5 atom stereocenters. The van der Waals surface area contributed by atoms with Crippen LogP contribution in [0.4, 0.5) is 0 Å². The van der Waals surface area contributed by atoms with Gasteiger partial charge in [-0.05, 0) is 36.6 Å². The van der Waals surface area contributed by atoms with Gasteiger partial charge in [-0.15, -0.1) is 0 Å². The van der Waals surface area contributed by atoms with E-state index in [1.807, 2.05) is 0 Å². The van der Waals surface area contributed by atoms with Gasteiger partial charge >= 0.3 is 11.9 Å². The van der Waals surface area contributed by atoms with Gasteiger partial charge in [0.05, 0.1) is 6.10 Å². The van der Waals surface area contributed by atoms with E-state index in [1.54, 1.807) is 30.3 Å². The smallest absolute Gasteiger partial charge is 0.326 e. The van der Waals surface area contributed by atoms with Gasteiger partial charge in [-0.1, -0.05) is 42.5 Å². The average Bonchev–Trinajstić information content (AvgIpc) is 2.90. The van der Waals surface area contributed by atoms with Crippen molar-refractivity contribution >= 4 is 29.7 Å². The highest BCUT2D eigenvalue weighted by Crippen LogP contribution is 2.13. The lowest BCUT2D eigenvalue weighted by Gasteiger charge is -2.26. The van der Waals surface area contributed by atoms with Crippen molar-refractivity contribution in [3.05, 3.63) is 65.7 Å². The van der Waals surface area contributed by atoms with Crippen LogP contribution in [0.25, 0.3) is 0 Å². The highest BCUT2D eigenvalue weighted by Gasteiger charge is 2.31. The van der Waals surface area contributed by atoms with E-state index in [1.165, 1.54) is 31.2 Å². The van der Waals surface area contributed by atoms with Crippen LogP contribution in [0.15, 0.2) is 54.6 Å². The molecule has 9 N–H and O–H groups in total. The van der Waals surface area contributed by atoms with Crippen molar-refractivity contribution in [3.8, 4) is 5.75 Å². The van der Waals surface area contributed by atoms with Gasteiger partial charge in [0.1, 0.15) is 29.9 Å². The Labute approximate surface area is 230 Å². The molecule has 0 bridgehead atoms. The quantitative estimate of drug-likeness (QED) is 0.137. The lowest BCUT2D eigenvalue weighted by atomic mass is 10.0. The fraction of sp³-hybridized carbons (Fsp3) is 0.370.